The van der Waals surface area contributed by atoms with E-state index in [1.54, 1.807) is 55.6 Å². The van der Waals surface area contributed by atoms with E-state index >= 15 is 0 Å². The molecule has 0 saturated carbocycles. The number of methoxy groups -OCH3 is 1. The number of anilines is 2. The number of benzene rings is 2. The van der Waals surface area contributed by atoms with E-state index in [4.69, 9.17) is 16.3 Å². The molecule has 0 heterocycles. The third kappa shape index (κ3) is 2.49. The molecule has 0 saturated heterocycles. The molecule has 3 aromatic carbocycles. The predicted molar refractivity (Wildman–Crippen MR) is 88.1 cm³/mol. The van der Waals surface area contributed by atoms with E-state index in [1.807, 2.05) is 0 Å². The van der Waals surface area contributed by atoms with E-state index < -0.39 is 10.9 Å². The number of hydrogen-bond donors (Lipinski definition) is 1. The van der Waals surface area contributed by atoms with Gasteiger partial charge in [-0.15, -0.1) is 0 Å². The van der Waals surface area contributed by atoms with E-state index in [1.165, 1.54) is 0 Å². The second kappa shape index (κ2) is 5.66. The molecule has 0 bridgehead atoms. The molecule has 3 rings (SSSR count). The zero-order valence-electron chi connectivity index (χ0n) is 11.7. The van der Waals surface area contributed by atoms with Crippen LogP contribution in [0.15, 0.2) is 58.1 Å². The molecule has 1 N–H and O–H groups in total. The SMILES string of the molecule is COc1cccc(Nc2c(-c3ccc(Cl)cc3)c(=O)c2=O)c1. The highest BCUT2D eigenvalue weighted by Crippen LogP contribution is 2.28. The van der Waals surface area contributed by atoms with Crippen LogP contribution in [0, 0.1) is 0 Å². The fourth-order valence-electron chi connectivity index (χ4n) is 2.25. The molecule has 0 unspecified atom stereocenters. The Morgan fingerprint density at radius 1 is 1.00 bits per heavy atom. The van der Waals surface area contributed by atoms with Crippen molar-refractivity contribution in [3.05, 3.63) is 74.0 Å². The molecule has 0 aliphatic carbocycles. The van der Waals surface area contributed by atoms with Gasteiger partial charge in [-0.1, -0.05) is 29.8 Å². The summed E-state index contributed by atoms with van der Waals surface area (Å²) < 4.78 is 5.14. The minimum absolute atomic E-state index is 0.292. The van der Waals surface area contributed by atoms with E-state index in [0.29, 0.717) is 33.3 Å². The maximum Gasteiger partial charge on any atom is 0.250 e. The Morgan fingerprint density at radius 3 is 2.41 bits per heavy atom. The number of hydrogen-bond acceptors (Lipinski definition) is 4. The first kappa shape index (κ1) is 14.4. The first-order valence-corrected chi connectivity index (χ1v) is 6.98. The van der Waals surface area contributed by atoms with Crippen LogP contribution in [-0.4, -0.2) is 7.11 Å². The fraction of sp³-hybridized carbons (Fsp3) is 0.0588. The van der Waals surface area contributed by atoms with Crippen molar-refractivity contribution >= 4 is 23.0 Å². The van der Waals surface area contributed by atoms with Gasteiger partial charge >= 0.3 is 0 Å². The molecule has 0 atom stereocenters. The van der Waals surface area contributed by atoms with Crippen LogP contribution in [0.5, 0.6) is 5.75 Å². The first-order chi connectivity index (χ1) is 10.6. The Labute approximate surface area is 131 Å². The summed E-state index contributed by atoms with van der Waals surface area (Å²) >= 11 is 5.84. The number of rotatable bonds is 4. The van der Waals surface area contributed by atoms with Crippen LogP contribution >= 0.6 is 11.6 Å². The quantitative estimate of drug-likeness (QED) is 0.750. The number of ether oxygens (including phenoxy) is 1. The Bertz CT molecular complexity index is 893. The van der Waals surface area contributed by atoms with Crippen molar-refractivity contribution in [3.63, 3.8) is 0 Å². The number of halogens is 1. The molecule has 0 aliphatic heterocycles. The van der Waals surface area contributed by atoms with Crippen molar-refractivity contribution in [2.75, 3.05) is 12.4 Å². The lowest BCUT2D eigenvalue weighted by Crippen LogP contribution is -2.35. The van der Waals surface area contributed by atoms with Gasteiger partial charge in [-0.3, -0.25) is 9.59 Å². The zero-order valence-corrected chi connectivity index (χ0v) is 12.5. The van der Waals surface area contributed by atoms with Crippen molar-refractivity contribution in [1.82, 2.24) is 0 Å². The van der Waals surface area contributed by atoms with Gasteiger partial charge in [0.2, 0.25) is 5.43 Å². The molecule has 0 aliphatic rings. The third-order valence-corrected chi connectivity index (χ3v) is 3.63. The molecule has 3 aromatic rings. The van der Waals surface area contributed by atoms with E-state index in [-0.39, 0.29) is 0 Å². The summed E-state index contributed by atoms with van der Waals surface area (Å²) in [5.74, 6) is 0.664. The van der Waals surface area contributed by atoms with Crippen LogP contribution < -0.4 is 20.9 Å². The molecule has 0 spiro atoms. The normalized spacial score (nSPS) is 10.6. The van der Waals surface area contributed by atoms with Crippen LogP contribution in [0.3, 0.4) is 0 Å². The Morgan fingerprint density at radius 2 is 1.73 bits per heavy atom. The number of nitrogens with one attached hydrogen (secondary N) is 1. The Balaban J connectivity index is 1.98. The van der Waals surface area contributed by atoms with Gasteiger partial charge in [-0.05, 0) is 29.8 Å². The van der Waals surface area contributed by atoms with Crippen LogP contribution in [0.1, 0.15) is 0 Å². The lowest BCUT2D eigenvalue weighted by Gasteiger charge is -2.14. The van der Waals surface area contributed by atoms with Crippen molar-refractivity contribution in [3.8, 4) is 16.9 Å². The molecule has 0 radical (unpaired) electrons. The second-order valence-corrected chi connectivity index (χ2v) is 5.21. The van der Waals surface area contributed by atoms with Crippen molar-refractivity contribution in [2.24, 2.45) is 0 Å². The smallest absolute Gasteiger partial charge is 0.250 e. The Kier molecular flexibility index (Phi) is 3.69. The van der Waals surface area contributed by atoms with Crippen molar-refractivity contribution in [1.29, 1.82) is 0 Å². The topological polar surface area (TPSA) is 55.4 Å². The summed E-state index contributed by atoms with van der Waals surface area (Å²) in [5.41, 5.74) is 1.01. The molecule has 5 heteroatoms. The van der Waals surface area contributed by atoms with Gasteiger partial charge in [0.1, 0.15) is 11.4 Å². The molecule has 110 valence electrons. The van der Waals surface area contributed by atoms with Gasteiger partial charge in [-0.25, -0.2) is 0 Å². The van der Waals surface area contributed by atoms with Gasteiger partial charge < -0.3 is 10.1 Å². The lowest BCUT2D eigenvalue weighted by molar-refractivity contribution is 0.415. The standard InChI is InChI=1S/C17H12ClNO3/c1-22-13-4-2-3-12(9-13)19-15-14(16(20)17(15)21)10-5-7-11(18)8-6-10/h2-9,19H,1H3. The lowest BCUT2D eigenvalue weighted by atomic mass is 9.98. The predicted octanol–water partition coefficient (Wildman–Crippen LogP) is 3.36. The maximum atomic E-state index is 11.9. The first-order valence-electron chi connectivity index (χ1n) is 6.60. The van der Waals surface area contributed by atoms with E-state index in [0.717, 1.165) is 0 Å². The minimum atomic E-state index is -0.521. The maximum absolute atomic E-state index is 11.9. The molecule has 0 aromatic heterocycles. The highest BCUT2D eigenvalue weighted by atomic mass is 35.5. The van der Waals surface area contributed by atoms with Gasteiger partial charge in [0.05, 0.1) is 12.7 Å². The molecular weight excluding hydrogens is 302 g/mol. The summed E-state index contributed by atoms with van der Waals surface area (Å²) in [4.78, 5) is 23.7. The summed E-state index contributed by atoms with van der Waals surface area (Å²) in [6, 6.07) is 14.0. The van der Waals surface area contributed by atoms with Crippen LogP contribution in [-0.2, 0) is 0 Å². The molecule has 0 amide bonds. The summed E-state index contributed by atoms with van der Waals surface area (Å²) in [5, 5.41) is 3.57. The van der Waals surface area contributed by atoms with Crippen LogP contribution in [0.25, 0.3) is 11.1 Å². The van der Waals surface area contributed by atoms with Gasteiger partial charge in [0, 0.05) is 16.8 Å². The van der Waals surface area contributed by atoms with Gasteiger partial charge in [-0.2, -0.15) is 0 Å². The van der Waals surface area contributed by atoms with Crippen molar-refractivity contribution < 1.29 is 4.74 Å². The fourth-order valence-corrected chi connectivity index (χ4v) is 2.37. The molecule has 22 heavy (non-hydrogen) atoms. The van der Waals surface area contributed by atoms with E-state index in [2.05, 4.69) is 5.32 Å². The van der Waals surface area contributed by atoms with Gasteiger partial charge in [0.15, 0.2) is 0 Å². The third-order valence-electron chi connectivity index (χ3n) is 3.38. The molecular formula is C17H12ClNO3. The molecule has 4 nitrogen and oxygen atoms in total. The second-order valence-electron chi connectivity index (χ2n) is 4.77. The summed E-state index contributed by atoms with van der Waals surface area (Å²) in [6.45, 7) is 0. The minimum Gasteiger partial charge on any atom is -0.497 e. The largest absolute Gasteiger partial charge is 0.497 e. The summed E-state index contributed by atoms with van der Waals surface area (Å²) in [7, 11) is 1.57. The van der Waals surface area contributed by atoms with Crippen LogP contribution in [0.2, 0.25) is 5.02 Å². The zero-order chi connectivity index (χ0) is 15.7. The summed E-state index contributed by atoms with van der Waals surface area (Å²) in [6.07, 6.45) is 0. The van der Waals surface area contributed by atoms with E-state index in [9.17, 15) is 9.59 Å². The molecule has 0 fully saturated rings. The Hall–Kier alpha value is -2.59. The average Bonchev–Trinajstić information content (AvgIpc) is 2.56. The average molecular weight is 314 g/mol. The monoisotopic (exact) mass is 313 g/mol. The van der Waals surface area contributed by atoms with Crippen LogP contribution in [0.4, 0.5) is 11.4 Å². The highest BCUT2D eigenvalue weighted by molar-refractivity contribution is 6.30. The highest BCUT2D eigenvalue weighted by Gasteiger charge is 2.22. The van der Waals surface area contributed by atoms with Gasteiger partial charge in [0.25, 0.3) is 5.43 Å². The van der Waals surface area contributed by atoms with Crippen molar-refractivity contribution in [2.45, 2.75) is 0 Å².